The summed E-state index contributed by atoms with van der Waals surface area (Å²) >= 11 is 1.41. The van der Waals surface area contributed by atoms with Gasteiger partial charge in [0.1, 0.15) is 18.1 Å². The summed E-state index contributed by atoms with van der Waals surface area (Å²) in [5, 5.41) is 25.4. The number of hydrogen-bond acceptors (Lipinski definition) is 8. The Balaban J connectivity index is 3.05. The van der Waals surface area contributed by atoms with Crippen LogP contribution < -0.4 is 27.4 Å². The number of primary amides is 1. The molecule has 0 saturated carbocycles. The Kier molecular flexibility index (Phi) is 12.6. The first-order valence-electron chi connectivity index (χ1n) is 10.4. The van der Waals surface area contributed by atoms with E-state index >= 15 is 0 Å². The maximum absolute atomic E-state index is 13.1. The van der Waals surface area contributed by atoms with Crippen molar-refractivity contribution < 1.29 is 34.2 Å². The number of carbonyl (C=O) groups excluding carboxylic acids is 4. The number of aliphatic hydroxyl groups excluding tert-OH is 1. The zero-order chi connectivity index (χ0) is 25.7. The number of aliphatic hydroxyl groups is 1. The number of rotatable bonds is 15. The highest BCUT2D eigenvalue weighted by molar-refractivity contribution is 7.98. The van der Waals surface area contributed by atoms with Crippen LogP contribution in [0.5, 0.6) is 0 Å². The van der Waals surface area contributed by atoms with Gasteiger partial charge in [-0.15, -0.1) is 0 Å². The molecule has 4 unspecified atom stereocenters. The zero-order valence-electron chi connectivity index (χ0n) is 18.7. The topological polar surface area (TPSA) is 214 Å². The lowest BCUT2D eigenvalue weighted by Gasteiger charge is -2.25. The fourth-order valence-electron chi connectivity index (χ4n) is 2.88. The highest BCUT2D eigenvalue weighted by Crippen LogP contribution is 2.07. The van der Waals surface area contributed by atoms with E-state index in [9.17, 15) is 29.1 Å². The highest BCUT2D eigenvalue weighted by atomic mass is 32.2. The van der Waals surface area contributed by atoms with Gasteiger partial charge in [0.05, 0.1) is 19.1 Å². The Labute approximate surface area is 201 Å². The van der Waals surface area contributed by atoms with Gasteiger partial charge < -0.3 is 37.6 Å². The molecule has 0 spiro atoms. The second-order valence-electron chi connectivity index (χ2n) is 7.45. The number of carboxylic acids is 1. The van der Waals surface area contributed by atoms with Crippen LogP contribution in [0.4, 0.5) is 0 Å². The van der Waals surface area contributed by atoms with E-state index < -0.39 is 66.8 Å². The van der Waals surface area contributed by atoms with Crippen molar-refractivity contribution in [3.05, 3.63) is 35.9 Å². The molecule has 0 aliphatic rings. The van der Waals surface area contributed by atoms with Crippen LogP contribution in [0, 0.1) is 0 Å². The van der Waals surface area contributed by atoms with Crippen LogP contribution in [-0.4, -0.2) is 82.6 Å². The fourth-order valence-corrected chi connectivity index (χ4v) is 3.35. The van der Waals surface area contributed by atoms with Crippen molar-refractivity contribution in [3.8, 4) is 0 Å². The Morgan fingerprint density at radius 2 is 1.50 bits per heavy atom. The minimum absolute atomic E-state index is 0.0625. The van der Waals surface area contributed by atoms with Crippen molar-refractivity contribution >= 4 is 41.4 Å². The minimum Gasteiger partial charge on any atom is -0.480 e. The molecular formula is C21H31N5O7S. The van der Waals surface area contributed by atoms with Crippen LogP contribution >= 0.6 is 11.8 Å². The number of thioether (sulfide) groups is 1. The number of aliphatic carboxylic acids is 1. The lowest BCUT2D eigenvalue weighted by Crippen LogP contribution is -2.58. The van der Waals surface area contributed by atoms with Gasteiger partial charge in [0, 0.05) is 6.42 Å². The van der Waals surface area contributed by atoms with Crippen molar-refractivity contribution in [1.82, 2.24) is 16.0 Å². The number of nitrogens with one attached hydrogen (secondary N) is 3. The van der Waals surface area contributed by atoms with E-state index in [-0.39, 0.29) is 12.8 Å². The molecule has 0 aromatic heterocycles. The van der Waals surface area contributed by atoms with Gasteiger partial charge in [0.25, 0.3) is 0 Å². The predicted molar refractivity (Wildman–Crippen MR) is 125 cm³/mol. The van der Waals surface area contributed by atoms with Gasteiger partial charge >= 0.3 is 5.97 Å². The van der Waals surface area contributed by atoms with Crippen LogP contribution in [0.1, 0.15) is 18.4 Å². The normalized spacial score (nSPS) is 14.2. The second kappa shape index (κ2) is 14.9. The van der Waals surface area contributed by atoms with Crippen molar-refractivity contribution in [2.45, 2.75) is 43.4 Å². The molecular weight excluding hydrogens is 466 g/mol. The van der Waals surface area contributed by atoms with E-state index in [1.165, 1.54) is 11.8 Å². The first kappa shape index (κ1) is 28.9. The first-order valence-corrected chi connectivity index (χ1v) is 11.8. The van der Waals surface area contributed by atoms with E-state index in [4.69, 9.17) is 16.6 Å². The number of amides is 4. The van der Waals surface area contributed by atoms with Gasteiger partial charge in [-0.2, -0.15) is 11.8 Å². The number of carbonyl (C=O) groups is 5. The van der Waals surface area contributed by atoms with Gasteiger partial charge in [0.2, 0.25) is 23.6 Å². The number of hydrogen-bond donors (Lipinski definition) is 7. The van der Waals surface area contributed by atoms with Crippen LogP contribution in [0.15, 0.2) is 30.3 Å². The molecule has 0 bridgehead atoms. The number of nitrogens with two attached hydrogens (primary N) is 2. The quantitative estimate of drug-likeness (QED) is 0.139. The predicted octanol–water partition coefficient (Wildman–Crippen LogP) is -2.28. The molecule has 0 aliphatic carbocycles. The summed E-state index contributed by atoms with van der Waals surface area (Å²) < 4.78 is 0. The molecule has 0 radical (unpaired) electrons. The standard InChI is InChI=1S/C21H31N5O7S/c1-34-8-7-14(19(30)26-16(11-27)21(32)33)24-20(31)15(9-12-5-3-2-4-6-12)25-18(29)13(22)10-17(23)28/h2-6,13-16,27H,7-11,22H2,1H3,(H2,23,28)(H,24,31)(H,25,29)(H,26,30)(H,32,33). The third-order valence-electron chi connectivity index (χ3n) is 4.71. The Hall–Kier alpha value is -3.16. The summed E-state index contributed by atoms with van der Waals surface area (Å²) in [5.74, 6) is -4.01. The maximum atomic E-state index is 13.1. The Bertz CT molecular complexity index is 855. The molecule has 0 fully saturated rings. The maximum Gasteiger partial charge on any atom is 0.328 e. The van der Waals surface area contributed by atoms with E-state index in [2.05, 4.69) is 16.0 Å². The monoisotopic (exact) mass is 497 g/mol. The van der Waals surface area contributed by atoms with Gasteiger partial charge in [0.15, 0.2) is 0 Å². The minimum atomic E-state index is -1.53. The second-order valence-corrected chi connectivity index (χ2v) is 8.44. The molecule has 9 N–H and O–H groups in total. The smallest absolute Gasteiger partial charge is 0.328 e. The van der Waals surface area contributed by atoms with Crippen LogP contribution in [0.25, 0.3) is 0 Å². The van der Waals surface area contributed by atoms with Crippen molar-refractivity contribution in [3.63, 3.8) is 0 Å². The van der Waals surface area contributed by atoms with Crippen molar-refractivity contribution in [2.75, 3.05) is 18.6 Å². The van der Waals surface area contributed by atoms with Crippen LogP contribution in [0.2, 0.25) is 0 Å². The summed E-state index contributed by atoms with van der Waals surface area (Å²) in [4.78, 5) is 60.4. The fraction of sp³-hybridized carbons (Fsp3) is 0.476. The van der Waals surface area contributed by atoms with E-state index in [1.807, 2.05) is 0 Å². The molecule has 0 heterocycles. The molecule has 0 aliphatic heterocycles. The average Bonchev–Trinajstić information content (AvgIpc) is 2.79. The van der Waals surface area contributed by atoms with E-state index in [1.54, 1.807) is 36.6 Å². The number of benzene rings is 1. The molecule has 1 aromatic rings. The van der Waals surface area contributed by atoms with Crippen molar-refractivity contribution in [2.24, 2.45) is 11.5 Å². The SMILES string of the molecule is CSCCC(NC(=O)C(Cc1ccccc1)NC(=O)C(N)CC(N)=O)C(=O)NC(CO)C(=O)O. The summed E-state index contributed by atoms with van der Waals surface area (Å²) in [6.45, 7) is -0.825. The molecule has 13 heteroatoms. The van der Waals surface area contributed by atoms with Gasteiger partial charge in [-0.1, -0.05) is 30.3 Å². The summed E-state index contributed by atoms with van der Waals surface area (Å²) in [6.07, 6.45) is 1.61. The van der Waals surface area contributed by atoms with Gasteiger partial charge in [-0.3, -0.25) is 19.2 Å². The van der Waals surface area contributed by atoms with E-state index in [0.717, 1.165) is 0 Å². The largest absolute Gasteiger partial charge is 0.480 e. The summed E-state index contributed by atoms with van der Waals surface area (Å²) in [5.41, 5.74) is 11.5. The first-order chi connectivity index (χ1) is 16.1. The van der Waals surface area contributed by atoms with E-state index in [0.29, 0.717) is 11.3 Å². The lowest BCUT2D eigenvalue weighted by molar-refractivity contribution is -0.143. The van der Waals surface area contributed by atoms with Gasteiger partial charge in [-0.05, 0) is 24.0 Å². The molecule has 34 heavy (non-hydrogen) atoms. The zero-order valence-corrected chi connectivity index (χ0v) is 19.5. The Morgan fingerprint density at radius 3 is 2.03 bits per heavy atom. The lowest BCUT2D eigenvalue weighted by atomic mass is 10.0. The average molecular weight is 498 g/mol. The third-order valence-corrected chi connectivity index (χ3v) is 5.36. The molecule has 12 nitrogen and oxygen atoms in total. The third kappa shape index (κ3) is 10.2. The summed E-state index contributed by atoms with van der Waals surface area (Å²) in [6, 6.07) is 3.70. The molecule has 4 amide bonds. The van der Waals surface area contributed by atoms with Crippen LogP contribution in [-0.2, 0) is 30.4 Å². The summed E-state index contributed by atoms with van der Waals surface area (Å²) in [7, 11) is 0. The number of carboxylic acid groups (broad SMARTS) is 1. The van der Waals surface area contributed by atoms with Crippen LogP contribution in [0.3, 0.4) is 0 Å². The molecule has 4 atom stereocenters. The molecule has 1 rings (SSSR count). The highest BCUT2D eigenvalue weighted by Gasteiger charge is 2.30. The van der Waals surface area contributed by atoms with Crippen molar-refractivity contribution in [1.29, 1.82) is 0 Å². The molecule has 1 aromatic carbocycles. The van der Waals surface area contributed by atoms with Gasteiger partial charge in [-0.25, -0.2) is 4.79 Å². The molecule has 0 saturated heterocycles. The Morgan fingerprint density at radius 1 is 0.941 bits per heavy atom. The molecule has 188 valence electrons.